The molecule has 0 radical (unpaired) electrons. The van der Waals surface area contributed by atoms with Crippen LogP contribution in [0.2, 0.25) is 0 Å². The molecule has 0 spiro atoms. The lowest BCUT2D eigenvalue weighted by Gasteiger charge is -2.38. The summed E-state index contributed by atoms with van der Waals surface area (Å²) in [5, 5.41) is 15.2. The Hall–Kier alpha value is -1.03. The Labute approximate surface area is 109 Å². The van der Waals surface area contributed by atoms with Crippen LogP contribution in [0.1, 0.15) is 45.2 Å². The smallest absolute Gasteiger partial charge is 0.162 e. The normalized spacial score (nSPS) is 28.7. The zero-order valence-corrected chi connectivity index (χ0v) is 11.8. The highest BCUT2D eigenvalue weighted by Gasteiger charge is 2.41. The Bertz CT molecular complexity index is 414. The number of aromatic nitrogens is 2. The van der Waals surface area contributed by atoms with E-state index in [1.165, 1.54) is 6.42 Å². The standard InChI is InChI=1S/C14H24N2O2/c1-10(2)11-6-5-7-14(17,8-11)13-12(18-4)9-15-16(13)3/h9-11,17H,5-8H2,1-4H3. The zero-order chi connectivity index (χ0) is 13.3. The third-order valence-corrected chi connectivity index (χ3v) is 4.27. The summed E-state index contributed by atoms with van der Waals surface area (Å²) in [7, 11) is 3.50. The van der Waals surface area contributed by atoms with Gasteiger partial charge in [-0.1, -0.05) is 13.8 Å². The molecular formula is C14H24N2O2. The third-order valence-electron chi connectivity index (χ3n) is 4.27. The molecule has 0 aliphatic heterocycles. The number of methoxy groups -OCH3 is 1. The van der Waals surface area contributed by atoms with Crippen molar-refractivity contribution in [2.45, 2.75) is 45.1 Å². The van der Waals surface area contributed by atoms with Crippen molar-refractivity contribution in [3.8, 4) is 5.75 Å². The van der Waals surface area contributed by atoms with Crippen LogP contribution in [0.4, 0.5) is 0 Å². The number of hydrogen-bond donors (Lipinski definition) is 1. The minimum Gasteiger partial charge on any atom is -0.493 e. The van der Waals surface area contributed by atoms with Crippen LogP contribution in [-0.2, 0) is 12.6 Å². The van der Waals surface area contributed by atoms with E-state index in [1.54, 1.807) is 18.0 Å². The van der Waals surface area contributed by atoms with Gasteiger partial charge in [0.25, 0.3) is 0 Å². The fraction of sp³-hybridized carbons (Fsp3) is 0.786. The molecule has 102 valence electrons. The van der Waals surface area contributed by atoms with Gasteiger partial charge in [-0.05, 0) is 37.5 Å². The summed E-state index contributed by atoms with van der Waals surface area (Å²) < 4.78 is 7.09. The molecule has 1 fully saturated rings. The summed E-state index contributed by atoms with van der Waals surface area (Å²) in [6.07, 6.45) is 5.56. The van der Waals surface area contributed by atoms with Gasteiger partial charge in [0, 0.05) is 7.05 Å². The van der Waals surface area contributed by atoms with Crippen LogP contribution >= 0.6 is 0 Å². The Morgan fingerprint density at radius 3 is 2.89 bits per heavy atom. The van der Waals surface area contributed by atoms with Crippen molar-refractivity contribution in [2.75, 3.05) is 7.11 Å². The van der Waals surface area contributed by atoms with Crippen molar-refractivity contribution in [3.05, 3.63) is 11.9 Å². The molecule has 0 bridgehead atoms. The van der Waals surface area contributed by atoms with Crippen LogP contribution in [0.15, 0.2) is 6.20 Å². The van der Waals surface area contributed by atoms with E-state index in [1.807, 2.05) is 7.05 Å². The van der Waals surface area contributed by atoms with E-state index in [9.17, 15) is 5.11 Å². The summed E-state index contributed by atoms with van der Waals surface area (Å²) in [6, 6.07) is 0. The first-order valence-electron chi connectivity index (χ1n) is 6.77. The van der Waals surface area contributed by atoms with Gasteiger partial charge in [-0.15, -0.1) is 0 Å². The van der Waals surface area contributed by atoms with Crippen molar-refractivity contribution in [2.24, 2.45) is 18.9 Å². The molecule has 0 aromatic carbocycles. The third kappa shape index (κ3) is 2.26. The lowest BCUT2D eigenvalue weighted by atomic mass is 9.72. The molecular weight excluding hydrogens is 228 g/mol. The van der Waals surface area contributed by atoms with Crippen LogP contribution in [0.25, 0.3) is 0 Å². The molecule has 4 heteroatoms. The van der Waals surface area contributed by atoms with Gasteiger partial charge in [-0.3, -0.25) is 4.68 Å². The molecule has 1 saturated carbocycles. The Morgan fingerprint density at radius 2 is 2.28 bits per heavy atom. The van der Waals surface area contributed by atoms with Crippen molar-refractivity contribution in [1.29, 1.82) is 0 Å². The van der Waals surface area contributed by atoms with E-state index >= 15 is 0 Å². The highest BCUT2D eigenvalue weighted by molar-refractivity contribution is 5.31. The summed E-state index contributed by atoms with van der Waals surface area (Å²) in [5.41, 5.74) is 0.0411. The van der Waals surface area contributed by atoms with Gasteiger partial charge < -0.3 is 9.84 Å². The van der Waals surface area contributed by atoms with Crippen LogP contribution in [-0.4, -0.2) is 22.0 Å². The number of hydrogen-bond acceptors (Lipinski definition) is 3. The second-order valence-corrected chi connectivity index (χ2v) is 5.82. The maximum Gasteiger partial charge on any atom is 0.162 e. The van der Waals surface area contributed by atoms with Gasteiger partial charge in [0.2, 0.25) is 0 Å². The van der Waals surface area contributed by atoms with Gasteiger partial charge in [-0.2, -0.15) is 5.10 Å². The number of nitrogens with zero attached hydrogens (tertiary/aromatic N) is 2. The molecule has 1 aromatic rings. The largest absolute Gasteiger partial charge is 0.493 e. The molecule has 1 aliphatic carbocycles. The highest BCUT2D eigenvalue weighted by atomic mass is 16.5. The van der Waals surface area contributed by atoms with E-state index in [-0.39, 0.29) is 0 Å². The number of aliphatic hydroxyl groups is 1. The summed E-state index contributed by atoms with van der Waals surface area (Å²) >= 11 is 0. The lowest BCUT2D eigenvalue weighted by molar-refractivity contribution is -0.0373. The number of ether oxygens (including phenoxy) is 1. The second-order valence-electron chi connectivity index (χ2n) is 5.82. The summed E-state index contributed by atoms with van der Waals surface area (Å²) in [5.74, 6) is 1.88. The molecule has 2 rings (SSSR count). The maximum atomic E-state index is 11.0. The van der Waals surface area contributed by atoms with Gasteiger partial charge in [0.1, 0.15) is 11.3 Å². The van der Waals surface area contributed by atoms with E-state index in [0.717, 1.165) is 25.0 Å². The molecule has 1 aliphatic rings. The van der Waals surface area contributed by atoms with Gasteiger partial charge in [0.05, 0.1) is 13.3 Å². The SMILES string of the molecule is COc1cnn(C)c1C1(O)CCCC(C(C)C)C1. The monoisotopic (exact) mass is 252 g/mol. The van der Waals surface area contributed by atoms with Crippen LogP contribution in [0.5, 0.6) is 5.75 Å². The predicted molar refractivity (Wildman–Crippen MR) is 70.5 cm³/mol. The lowest BCUT2D eigenvalue weighted by Crippen LogP contribution is -2.36. The molecule has 0 saturated heterocycles. The average molecular weight is 252 g/mol. The van der Waals surface area contributed by atoms with E-state index in [4.69, 9.17) is 4.74 Å². The summed E-state index contributed by atoms with van der Waals surface area (Å²) in [6.45, 7) is 4.47. The highest BCUT2D eigenvalue weighted by Crippen LogP contribution is 2.44. The fourth-order valence-electron chi connectivity index (χ4n) is 3.18. The van der Waals surface area contributed by atoms with E-state index in [2.05, 4.69) is 18.9 Å². The first-order valence-corrected chi connectivity index (χ1v) is 6.77. The first-order chi connectivity index (χ1) is 8.48. The summed E-state index contributed by atoms with van der Waals surface area (Å²) in [4.78, 5) is 0. The van der Waals surface area contributed by atoms with Crippen molar-refractivity contribution < 1.29 is 9.84 Å². The Balaban J connectivity index is 2.32. The van der Waals surface area contributed by atoms with Crippen LogP contribution in [0.3, 0.4) is 0 Å². The van der Waals surface area contributed by atoms with Gasteiger partial charge in [0.15, 0.2) is 5.75 Å². The quantitative estimate of drug-likeness (QED) is 0.899. The molecule has 0 amide bonds. The predicted octanol–water partition coefficient (Wildman–Crippen LogP) is 2.46. The van der Waals surface area contributed by atoms with E-state index < -0.39 is 5.60 Å². The molecule has 1 heterocycles. The molecule has 4 nitrogen and oxygen atoms in total. The fourth-order valence-corrected chi connectivity index (χ4v) is 3.18. The van der Waals surface area contributed by atoms with Crippen molar-refractivity contribution >= 4 is 0 Å². The average Bonchev–Trinajstić information content (AvgIpc) is 2.71. The maximum absolute atomic E-state index is 11.0. The number of rotatable bonds is 3. The van der Waals surface area contributed by atoms with Crippen LogP contribution < -0.4 is 4.74 Å². The van der Waals surface area contributed by atoms with Crippen molar-refractivity contribution in [1.82, 2.24) is 9.78 Å². The Morgan fingerprint density at radius 1 is 1.56 bits per heavy atom. The molecule has 1 aromatic heterocycles. The first kappa shape index (κ1) is 13.4. The minimum atomic E-state index is -0.788. The van der Waals surface area contributed by atoms with Gasteiger partial charge in [-0.25, -0.2) is 0 Å². The topological polar surface area (TPSA) is 47.3 Å². The van der Waals surface area contributed by atoms with E-state index in [0.29, 0.717) is 17.6 Å². The zero-order valence-electron chi connectivity index (χ0n) is 11.8. The number of aryl methyl sites for hydroxylation is 1. The molecule has 1 N–H and O–H groups in total. The van der Waals surface area contributed by atoms with Crippen LogP contribution in [0, 0.1) is 11.8 Å². The molecule has 18 heavy (non-hydrogen) atoms. The minimum absolute atomic E-state index is 0.573. The molecule has 2 unspecified atom stereocenters. The Kier molecular flexibility index (Phi) is 3.66. The van der Waals surface area contributed by atoms with Crippen molar-refractivity contribution in [3.63, 3.8) is 0 Å². The molecule has 2 atom stereocenters. The van der Waals surface area contributed by atoms with Gasteiger partial charge >= 0.3 is 0 Å². The second kappa shape index (κ2) is 4.92.